The van der Waals surface area contributed by atoms with Crippen molar-refractivity contribution in [2.75, 3.05) is 11.9 Å². The van der Waals surface area contributed by atoms with Crippen LogP contribution in [0, 0.1) is 0 Å². The largest absolute Gasteiger partial charge is 0.365 e. The highest BCUT2D eigenvalue weighted by Crippen LogP contribution is 2.21. The lowest BCUT2D eigenvalue weighted by atomic mass is 10.3. The van der Waals surface area contributed by atoms with Gasteiger partial charge in [0.1, 0.15) is 11.4 Å². The number of fused-ring (bicyclic) bond motifs is 1. The minimum Gasteiger partial charge on any atom is -0.365 e. The highest BCUT2D eigenvalue weighted by atomic mass is 16.1. The SMILES string of the molecule is CN(c1cccnc1)c1ccn2ncc(C(N)=O)c2n1. The maximum atomic E-state index is 11.3. The van der Waals surface area contributed by atoms with Gasteiger partial charge in [0.25, 0.3) is 5.91 Å². The van der Waals surface area contributed by atoms with Gasteiger partial charge in [-0.25, -0.2) is 9.50 Å². The molecule has 0 spiro atoms. The summed E-state index contributed by atoms with van der Waals surface area (Å²) in [6, 6.07) is 5.57. The quantitative estimate of drug-likeness (QED) is 0.765. The van der Waals surface area contributed by atoms with E-state index >= 15 is 0 Å². The molecule has 0 saturated heterocycles. The Morgan fingerprint density at radius 2 is 2.20 bits per heavy atom. The molecule has 3 aromatic rings. The van der Waals surface area contributed by atoms with Crippen LogP contribution in [-0.4, -0.2) is 32.5 Å². The first-order valence-electron chi connectivity index (χ1n) is 5.95. The van der Waals surface area contributed by atoms with Crippen molar-refractivity contribution >= 4 is 23.1 Å². The van der Waals surface area contributed by atoms with E-state index in [1.54, 1.807) is 24.7 Å². The van der Waals surface area contributed by atoms with E-state index in [0.29, 0.717) is 17.0 Å². The zero-order valence-corrected chi connectivity index (χ0v) is 10.8. The number of anilines is 2. The summed E-state index contributed by atoms with van der Waals surface area (Å²) in [5.41, 5.74) is 6.93. The van der Waals surface area contributed by atoms with Gasteiger partial charge in [0.05, 0.1) is 18.1 Å². The molecule has 0 unspecified atom stereocenters. The van der Waals surface area contributed by atoms with Crippen molar-refractivity contribution in [2.24, 2.45) is 5.73 Å². The van der Waals surface area contributed by atoms with E-state index < -0.39 is 5.91 Å². The molecule has 3 aromatic heterocycles. The van der Waals surface area contributed by atoms with Crippen molar-refractivity contribution in [1.29, 1.82) is 0 Å². The topological polar surface area (TPSA) is 89.4 Å². The van der Waals surface area contributed by atoms with Crippen LogP contribution in [0.4, 0.5) is 11.5 Å². The molecule has 7 heteroatoms. The van der Waals surface area contributed by atoms with Gasteiger partial charge in [-0.3, -0.25) is 9.78 Å². The van der Waals surface area contributed by atoms with Gasteiger partial charge in [-0.1, -0.05) is 0 Å². The molecular formula is C13H12N6O. The summed E-state index contributed by atoms with van der Waals surface area (Å²) in [6.45, 7) is 0. The highest BCUT2D eigenvalue weighted by Gasteiger charge is 2.13. The number of hydrogen-bond donors (Lipinski definition) is 1. The fraction of sp³-hybridized carbons (Fsp3) is 0.0769. The number of amides is 1. The summed E-state index contributed by atoms with van der Waals surface area (Å²) in [4.78, 5) is 21.7. The fourth-order valence-corrected chi connectivity index (χ4v) is 1.90. The molecular weight excluding hydrogens is 256 g/mol. The summed E-state index contributed by atoms with van der Waals surface area (Å²) in [7, 11) is 1.87. The van der Waals surface area contributed by atoms with Crippen LogP contribution in [0.1, 0.15) is 10.4 Å². The predicted molar refractivity (Wildman–Crippen MR) is 73.8 cm³/mol. The molecule has 1 amide bonds. The van der Waals surface area contributed by atoms with Gasteiger partial charge >= 0.3 is 0 Å². The summed E-state index contributed by atoms with van der Waals surface area (Å²) in [5.74, 6) is 0.127. The summed E-state index contributed by atoms with van der Waals surface area (Å²) < 4.78 is 1.51. The number of nitrogens with zero attached hydrogens (tertiary/aromatic N) is 5. The zero-order valence-electron chi connectivity index (χ0n) is 10.8. The molecule has 3 heterocycles. The molecule has 0 aliphatic rings. The lowest BCUT2D eigenvalue weighted by molar-refractivity contribution is 0.100. The Bertz CT molecular complexity index is 767. The molecule has 2 N–H and O–H groups in total. The summed E-state index contributed by atoms with van der Waals surface area (Å²) in [5, 5.41) is 4.04. The van der Waals surface area contributed by atoms with Crippen LogP contribution in [0.5, 0.6) is 0 Å². The third-order valence-electron chi connectivity index (χ3n) is 3.00. The van der Waals surface area contributed by atoms with Crippen molar-refractivity contribution in [3.63, 3.8) is 0 Å². The number of aromatic nitrogens is 4. The van der Waals surface area contributed by atoms with Crippen molar-refractivity contribution in [1.82, 2.24) is 19.6 Å². The fourth-order valence-electron chi connectivity index (χ4n) is 1.90. The summed E-state index contributed by atoms with van der Waals surface area (Å²) >= 11 is 0. The normalized spacial score (nSPS) is 10.7. The van der Waals surface area contributed by atoms with Gasteiger partial charge in [0, 0.05) is 19.4 Å². The highest BCUT2D eigenvalue weighted by molar-refractivity contribution is 5.98. The van der Waals surface area contributed by atoms with E-state index in [0.717, 1.165) is 5.69 Å². The van der Waals surface area contributed by atoms with Gasteiger partial charge < -0.3 is 10.6 Å². The van der Waals surface area contributed by atoms with Crippen LogP contribution in [0.25, 0.3) is 5.65 Å². The zero-order chi connectivity index (χ0) is 14.1. The number of rotatable bonds is 3. The van der Waals surface area contributed by atoms with E-state index in [4.69, 9.17) is 5.73 Å². The molecule has 0 aliphatic carbocycles. The van der Waals surface area contributed by atoms with E-state index in [9.17, 15) is 4.79 Å². The van der Waals surface area contributed by atoms with E-state index in [-0.39, 0.29) is 0 Å². The molecule has 100 valence electrons. The number of nitrogens with two attached hydrogens (primary N) is 1. The number of pyridine rings is 1. The molecule has 0 radical (unpaired) electrons. The van der Waals surface area contributed by atoms with Crippen LogP contribution in [0.3, 0.4) is 0 Å². The van der Waals surface area contributed by atoms with Gasteiger partial charge in [0.15, 0.2) is 5.65 Å². The standard InChI is InChI=1S/C13H12N6O/c1-18(9-3-2-5-15-7-9)11-4-6-19-13(17-11)10(8-16-19)12(14)20/h2-8H,1H3,(H2,14,20). The van der Waals surface area contributed by atoms with Crippen molar-refractivity contribution < 1.29 is 4.79 Å². The number of carbonyl (C=O) groups excluding carboxylic acids is 1. The Kier molecular flexibility index (Phi) is 2.79. The minimum atomic E-state index is -0.548. The first kappa shape index (κ1) is 12.1. The second-order valence-corrected chi connectivity index (χ2v) is 4.25. The Morgan fingerprint density at radius 3 is 2.90 bits per heavy atom. The van der Waals surface area contributed by atoms with Crippen LogP contribution in [-0.2, 0) is 0 Å². The van der Waals surface area contributed by atoms with E-state index in [2.05, 4.69) is 15.1 Å². The van der Waals surface area contributed by atoms with Crippen molar-refractivity contribution in [3.8, 4) is 0 Å². The molecule has 0 aliphatic heterocycles. The molecule has 7 nitrogen and oxygen atoms in total. The smallest absolute Gasteiger partial charge is 0.254 e. The molecule has 0 saturated carbocycles. The first-order valence-corrected chi connectivity index (χ1v) is 5.95. The molecule has 0 fully saturated rings. The Hall–Kier alpha value is -2.96. The minimum absolute atomic E-state index is 0.298. The van der Waals surface area contributed by atoms with Gasteiger partial charge in [-0.05, 0) is 18.2 Å². The first-order chi connectivity index (χ1) is 9.66. The van der Waals surface area contributed by atoms with E-state index in [1.807, 2.05) is 24.1 Å². The molecule has 20 heavy (non-hydrogen) atoms. The van der Waals surface area contributed by atoms with Crippen molar-refractivity contribution in [3.05, 3.63) is 48.5 Å². The third-order valence-corrected chi connectivity index (χ3v) is 3.00. The van der Waals surface area contributed by atoms with Gasteiger partial charge in [-0.15, -0.1) is 0 Å². The lowest BCUT2D eigenvalue weighted by Gasteiger charge is -2.17. The average Bonchev–Trinajstić information content (AvgIpc) is 2.90. The maximum Gasteiger partial charge on any atom is 0.254 e. The Morgan fingerprint density at radius 1 is 1.35 bits per heavy atom. The second-order valence-electron chi connectivity index (χ2n) is 4.25. The molecule has 0 bridgehead atoms. The van der Waals surface area contributed by atoms with Gasteiger partial charge in [-0.2, -0.15) is 5.10 Å². The lowest BCUT2D eigenvalue weighted by Crippen LogP contribution is -2.14. The maximum absolute atomic E-state index is 11.3. The molecule has 0 aromatic carbocycles. The number of primary amides is 1. The Labute approximate surface area is 114 Å². The predicted octanol–water partition coefficient (Wildman–Crippen LogP) is 0.991. The summed E-state index contributed by atoms with van der Waals surface area (Å²) in [6.07, 6.45) is 6.59. The second kappa shape index (κ2) is 4.61. The number of hydrogen-bond acceptors (Lipinski definition) is 5. The monoisotopic (exact) mass is 268 g/mol. The Balaban J connectivity index is 2.08. The molecule has 0 atom stereocenters. The van der Waals surface area contributed by atoms with Crippen LogP contribution in [0.2, 0.25) is 0 Å². The van der Waals surface area contributed by atoms with Gasteiger partial charge in [0.2, 0.25) is 0 Å². The van der Waals surface area contributed by atoms with Crippen LogP contribution < -0.4 is 10.6 Å². The average molecular weight is 268 g/mol. The third kappa shape index (κ3) is 1.95. The van der Waals surface area contributed by atoms with E-state index in [1.165, 1.54) is 10.7 Å². The number of carbonyl (C=O) groups is 1. The molecule has 3 rings (SSSR count). The van der Waals surface area contributed by atoms with Crippen LogP contribution >= 0.6 is 0 Å². The van der Waals surface area contributed by atoms with Crippen LogP contribution in [0.15, 0.2) is 43.0 Å². The van der Waals surface area contributed by atoms with Crippen molar-refractivity contribution in [2.45, 2.75) is 0 Å².